The zero-order valence-electron chi connectivity index (χ0n) is 12.4. The number of nitrogens with one attached hydrogen (secondary N) is 1. The van der Waals surface area contributed by atoms with E-state index in [2.05, 4.69) is 16.5 Å². The molecule has 1 aliphatic carbocycles. The average Bonchev–Trinajstić information content (AvgIpc) is 2.89. The number of benzene rings is 1. The molecule has 2 aromatic rings. The largest absolute Gasteiger partial charge is 0.310 e. The molecule has 1 atom stereocenters. The molecule has 0 fully saturated rings. The molecule has 0 saturated carbocycles. The molecule has 0 bridgehead atoms. The number of hydrogen-bond donors (Lipinski definition) is 1. The molecule has 1 aliphatic rings. The van der Waals surface area contributed by atoms with Crippen LogP contribution in [0.3, 0.4) is 0 Å². The molecule has 1 amide bonds. The monoisotopic (exact) mass is 299 g/mol. The minimum Gasteiger partial charge on any atom is -0.310 e. The first kappa shape index (κ1) is 14.5. The highest BCUT2D eigenvalue weighted by molar-refractivity contribution is 5.92. The smallest absolute Gasteiger partial charge is 0.228 e. The molecule has 0 radical (unpaired) electrons. The van der Waals surface area contributed by atoms with Crippen molar-refractivity contribution in [2.75, 3.05) is 5.32 Å². The van der Waals surface area contributed by atoms with Crippen molar-refractivity contribution in [3.63, 3.8) is 0 Å². The Kier molecular flexibility index (Phi) is 4.04. The van der Waals surface area contributed by atoms with Crippen LogP contribution in [0.1, 0.15) is 25.0 Å². The molecule has 1 N–H and O–H groups in total. The van der Waals surface area contributed by atoms with Gasteiger partial charge in [-0.15, -0.1) is 0 Å². The fraction of sp³-hybridized carbons (Fsp3) is 0.294. The van der Waals surface area contributed by atoms with Crippen molar-refractivity contribution in [1.82, 2.24) is 9.78 Å². The van der Waals surface area contributed by atoms with E-state index in [0.29, 0.717) is 11.5 Å². The molecule has 0 spiro atoms. The van der Waals surface area contributed by atoms with E-state index in [4.69, 9.17) is 0 Å². The molecule has 1 heterocycles. The summed E-state index contributed by atoms with van der Waals surface area (Å²) in [7, 11) is 0. The van der Waals surface area contributed by atoms with Crippen molar-refractivity contribution in [3.05, 3.63) is 54.0 Å². The molecule has 1 aromatic carbocycles. The van der Waals surface area contributed by atoms with Gasteiger partial charge in [0.05, 0.1) is 5.69 Å². The molecule has 1 unspecified atom stereocenters. The van der Waals surface area contributed by atoms with Crippen LogP contribution in [0, 0.1) is 18.7 Å². The van der Waals surface area contributed by atoms with Gasteiger partial charge in [-0.25, -0.2) is 9.07 Å². The topological polar surface area (TPSA) is 46.9 Å². The van der Waals surface area contributed by atoms with Gasteiger partial charge in [0.25, 0.3) is 0 Å². The molecular weight excluding hydrogens is 281 g/mol. The summed E-state index contributed by atoms with van der Waals surface area (Å²) in [6, 6.07) is 8.14. The van der Waals surface area contributed by atoms with Gasteiger partial charge in [-0.1, -0.05) is 24.3 Å². The highest BCUT2D eigenvalue weighted by Gasteiger charge is 2.21. The molecule has 114 valence electrons. The SMILES string of the molecule is Cc1cc(NC(=O)C2CC=CCC2)n(-c2ccccc2F)n1. The maximum Gasteiger partial charge on any atom is 0.228 e. The van der Waals surface area contributed by atoms with Crippen molar-refractivity contribution in [2.24, 2.45) is 5.92 Å². The number of aryl methyl sites for hydroxylation is 1. The van der Waals surface area contributed by atoms with Crippen LogP contribution in [0.2, 0.25) is 0 Å². The molecular formula is C17H18FN3O. The van der Waals surface area contributed by atoms with Crippen molar-refractivity contribution in [1.29, 1.82) is 0 Å². The van der Waals surface area contributed by atoms with E-state index in [0.717, 1.165) is 25.0 Å². The summed E-state index contributed by atoms with van der Waals surface area (Å²) in [5, 5.41) is 7.18. The van der Waals surface area contributed by atoms with Crippen LogP contribution in [0.4, 0.5) is 10.2 Å². The number of hydrogen-bond acceptors (Lipinski definition) is 2. The number of allylic oxidation sites excluding steroid dienone is 2. The first-order valence-corrected chi connectivity index (χ1v) is 7.42. The Hall–Kier alpha value is -2.43. The number of carbonyl (C=O) groups excluding carboxylic acids is 1. The third-order valence-electron chi connectivity index (χ3n) is 3.80. The maximum absolute atomic E-state index is 14.0. The number of rotatable bonds is 3. The Balaban J connectivity index is 1.87. The number of carbonyl (C=O) groups is 1. The summed E-state index contributed by atoms with van der Waals surface area (Å²) in [5.41, 5.74) is 1.05. The Bertz CT molecular complexity index is 720. The highest BCUT2D eigenvalue weighted by atomic mass is 19.1. The van der Waals surface area contributed by atoms with Gasteiger partial charge >= 0.3 is 0 Å². The van der Waals surface area contributed by atoms with E-state index < -0.39 is 0 Å². The lowest BCUT2D eigenvalue weighted by atomic mass is 9.94. The van der Waals surface area contributed by atoms with Gasteiger partial charge in [0.1, 0.15) is 17.3 Å². The normalized spacial score (nSPS) is 17.5. The number of nitrogens with zero attached hydrogens (tertiary/aromatic N) is 2. The lowest BCUT2D eigenvalue weighted by Gasteiger charge is -2.17. The molecule has 3 rings (SSSR count). The van der Waals surface area contributed by atoms with Crippen molar-refractivity contribution in [3.8, 4) is 5.69 Å². The van der Waals surface area contributed by atoms with E-state index in [9.17, 15) is 9.18 Å². The van der Waals surface area contributed by atoms with Crippen LogP contribution in [-0.4, -0.2) is 15.7 Å². The van der Waals surface area contributed by atoms with Gasteiger partial charge < -0.3 is 5.32 Å². The number of aromatic nitrogens is 2. The van der Waals surface area contributed by atoms with Gasteiger partial charge in [-0.3, -0.25) is 4.79 Å². The fourth-order valence-electron chi connectivity index (χ4n) is 2.66. The zero-order valence-corrected chi connectivity index (χ0v) is 12.4. The van der Waals surface area contributed by atoms with Gasteiger partial charge in [0.15, 0.2) is 0 Å². The predicted molar refractivity (Wildman–Crippen MR) is 83.4 cm³/mol. The minimum absolute atomic E-state index is 0.0331. The first-order valence-electron chi connectivity index (χ1n) is 7.42. The summed E-state index contributed by atoms with van der Waals surface area (Å²) < 4.78 is 15.4. The van der Waals surface area contributed by atoms with Crippen molar-refractivity contribution >= 4 is 11.7 Å². The van der Waals surface area contributed by atoms with E-state index >= 15 is 0 Å². The predicted octanol–water partition coefficient (Wildman–Crippen LogP) is 3.61. The highest BCUT2D eigenvalue weighted by Crippen LogP contribution is 2.23. The number of anilines is 1. The quantitative estimate of drug-likeness (QED) is 0.880. The van der Waals surface area contributed by atoms with Gasteiger partial charge in [0.2, 0.25) is 5.91 Å². The average molecular weight is 299 g/mol. The second kappa shape index (κ2) is 6.13. The third-order valence-corrected chi connectivity index (χ3v) is 3.80. The molecule has 5 heteroatoms. The number of amides is 1. The van der Waals surface area contributed by atoms with Gasteiger partial charge in [-0.2, -0.15) is 5.10 Å². The molecule has 4 nitrogen and oxygen atoms in total. The van der Waals surface area contributed by atoms with E-state index in [1.54, 1.807) is 24.3 Å². The first-order chi connectivity index (χ1) is 10.6. The van der Waals surface area contributed by atoms with E-state index in [-0.39, 0.29) is 17.6 Å². The van der Waals surface area contributed by atoms with Crippen LogP contribution < -0.4 is 5.32 Å². The lowest BCUT2D eigenvalue weighted by Crippen LogP contribution is -2.24. The van der Waals surface area contributed by atoms with Crippen molar-refractivity contribution < 1.29 is 9.18 Å². The Labute approximate surface area is 128 Å². The lowest BCUT2D eigenvalue weighted by molar-refractivity contribution is -0.120. The van der Waals surface area contributed by atoms with Crippen LogP contribution in [0.15, 0.2) is 42.5 Å². The second-order valence-electron chi connectivity index (χ2n) is 5.50. The Morgan fingerprint density at radius 2 is 2.18 bits per heavy atom. The summed E-state index contributed by atoms with van der Waals surface area (Å²) in [6.45, 7) is 1.82. The second-order valence-corrected chi connectivity index (χ2v) is 5.50. The number of para-hydroxylation sites is 1. The summed E-state index contributed by atoms with van der Waals surface area (Å²) >= 11 is 0. The van der Waals surface area contributed by atoms with Crippen LogP contribution >= 0.6 is 0 Å². The minimum atomic E-state index is -0.373. The Morgan fingerprint density at radius 3 is 2.91 bits per heavy atom. The molecule has 22 heavy (non-hydrogen) atoms. The summed E-state index contributed by atoms with van der Waals surface area (Å²) in [6.07, 6.45) is 6.64. The standard InChI is InChI=1S/C17H18FN3O/c1-12-11-16(19-17(22)13-7-3-2-4-8-13)21(20-12)15-10-6-5-9-14(15)18/h2-3,5-6,9-11,13H,4,7-8H2,1H3,(H,19,22). The summed E-state index contributed by atoms with van der Waals surface area (Å²) in [4.78, 5) is 12.4. The van der Waals surface area contributed by atoms with Crippen molar-refractivity contribution in [2.45, 2.75) is 26.2 Å². The van der Waals surface area contributed by atoms with Gasteiger partial charge in [-0.05, 0) is 38.3 Å². The number of halogens is 1. The van der Waals surface area contributed by atoms with E-state index in [1.165, 1.54) is 10.7 Å². The van der Waals surface area contributed by atoms with E-state index in [1.807, 2.05) is 13.0 Å². The van der Waals surface area contributed by atoms with Crippen LogP contribution in [0.5, 0.6) is 0 Å². The van der Waals surface area contributed by atoms with Gasteiger partial charge in [0, 0.05) is 12.0 Å². The molecule has 1 aromatic heterocycles. The van der Waals surface area contributed by atoms with Crippen LogP contribution in [-0.2, 0) is 4.79 Å². The molecule has 0 saturated heterocycles. The third kappa shape index (κ3) is 2.93. The Morgan fingerprint density at radius 1 is 1.36 bits per heavy atom. The fourth-order valence-corrected chi connectivity index (χ4v) is 2.66. The molecule has 0 aliphatic heterocycles. The van der Waals surface area contributed by atoms with Crippen LogP contribution in [0.25, 0.3) is 5.69 Å². The summed E-state index contributed by atoms with van der Waals surface area (Å²) in [5.74, 6) is 0.0555. The maximum atomic E-state index is 14.0. The zero-order chi connectivity index (χ0) is 15.5.